The van der Waals surface area contributed by atoms with Crippen molar-refractivity contribution in [3.8, 4) is 5.75 Å². The normalized spacial score (nSPS) is 15.0. The van der Waals surface area contributed by atoms with Crippen LogP contribution in [0.3, 0.4) is 0 Å². The van der Waals surface area contributed by atoms with E-state index >= 15 is 0 Å². The number of carbonyl (C=O) groups excluding carboxylic acids is 1. The molecule has 1 aliphatic rings. The van der Waals surface area contributed by atoms with Crippen LogP contribution in [0.4, 0.5) is 5.95 Å². The van der Waals surface area contributed by atoms with Crippen molar-refractivity contribution in [2.75, 3.05) is 25.1 Å². The minimum Gasteiger partial charge on any atom is -0.496 e. The van der Waals surface area contributed by atoms with Gasteiger partial charge in [0.1, 0.15) is 12.4 Å². The first-order valence-electron chi connectivity index (χ1n) is 8.18. The van der Waals surface area contributed by atoms with Crippen LogP contribution in [0.1, 0.15) is 18.4 Å². The monoisotopic (exact) mass is 405 g/mol. The van der Waals surface area contributed by atoms with Gasteiger partial charge < -0.3 is 14.4 Å². The first kappa shape index (κ1) is 17.7. The predicted octanol–water partition coefficient (Wildman–Crippen LogP) is 3.21. The molecular formula is C18H20BrN3O3. The number of esters is 1. The number of hydrogen-bond acceptors (Lipinski definition) is 6. The molecule has 6 nitrogen and oxygen atoms in total. The topological polar surface area (TPSA) is 64.6 Å². The number of anilines is 1. The van der Waals surface area contributed by atoms with Crippen LogP contribution in [0, 0.1) is 5.92 Å². The molecule has 132 valence electrons. The quantitative estimate of drug-likeness (QED) is 0.711. The second-order valence-electron chi connectivity index (χ2n) is 5.89. The number of benzene rings is 1. The van der Waals surface area contributed by atoms with Crippen LogP contribution in [-0.2, 0) is 16.1 Å². The Kier molecular flexibility index (Phi) is 5.86. The van der Waals surface area contributed by atoms with Gasteiger partial charge in [-0.15, -0.1) is 0 Å². The van der Waals surface area contributed by atoms with Crippen LogP contribution < -0.4 is 9.64 Å². The maximum absolute atomic E-state index is 12.3. The Hall–Kier alpha value is -2.15. The molecule has 0 saturated carbocycles. The third-order valence-electron chi connectivity index (χ3n) is 4.26. The summed E-state index contributed by atoms with van der Waals surface area (Å²) in [6, 6.07) is 7.45. The molecular weight excluding hydrogens is 386 g/mol. The van der Waals surface area contributed by atoms with E-state index in [1.54, 1.807) is 25.6 Å². The number of carbonyl (C=O) groups is 1. The zero-order valence-electron chi connectivity index (χ0n) is 14.0. The Balaban J connectivity index is 1.49. The Labute approximate surface area is 155 Å². The van der Waals surface area contributed by atoms with Crippen LogP contribution in [-0.4, -0.2) is 36.1 Å². The molecule has 7 heteroatoms. The average molecular weight is 406 g/mol. The molecule has 1 aromatic carbocycles. The third-order valence-corrected chi connectivity index (χ3v) is 4.88. The van der Waals surface area contributed by atoms with Gasteiger partial charge in [0.15, 0.2) is 0 Å². The summed E-state index contributed by atoms with van der Waals surface area (Å²) >= 11 is 3.44. The van der Waals surface area contributed by atoms with Crippen LogP contribution >= 0.6 is 15.9 Å². The van der Waals surface area contributed by atoms with Crippen molar-refractivity contribution in [1.82, 2.24) is 9.97 Å². The summed E-state index contributed by atoms with van der Waals surface area (Å²) in [5.74, 6) is 1.27. The fourth-order valence-electron chi connectivity index (χ4n) is 2.84. The van der Waals surface area contributed by atoms with Gasteiger partial charge in [0.05, 0.1) is 17.5 Å². The number of nitrogens with zero attached hydrogens (tertiary/aromatic N) is 3. The molecule has 0 N–H and O–H groups in total. The van der Waals surface area contributed by atoms with E-state index in [1.807, 2.05) is 18.2 Å². The highest BCUT2D eigenvalue weighted by atomic mass is 79.9. The molecule has 25 heavy (non-hydrogen) atoms. The van der Waals surface area contributed by atoms with Gasteiger partial charge in [0.25, 0.3) is 0 Å². The highest BCUT2D eigenvalue weighted by Gasteiger charge is 2.27. The van der Waals surface area contributed by atoms with Crippen molar-refractivity contribution < 1.29 is 14.3 Å². The first-order valence-corrected chi connectivity index (χ1v) is 8.97. The van der Waals surface area contributed by atoms with Crippen molar-refractivity contribution >= 4 is 27.8 Å². The lowest BCUT2D eigenvalue weighted by atomic mass is 9.97. The van der Waals surface area contributed by atoms with E-state index in [4.69, 9.17) is 9.47 Å². The molecule has 1 fully saturated rings. The summed E-state index contributed by atoms with van der Waals surface area (Å²) in [6.45, 7) is 1.79. The minimum absolute atomic E-state index is 0.0679. The van der Waals surface area contributed by atoms with Gasteiger partial charge in [0, 0.05) is 25.5 Å². The Morgan fingerprint density at radius 1 is 1.28 bits per heavy atom. The summed E-state index contributed by atoms with van der Waals surface area (Å²) in [5, 5.41) is 0. The lowest BCUT2D eigenvalue weighted by Gasteiger charge is -2.30. The summed E-state index contributed by atoms with van der Waals surface area (Å²) in [6.07, 6.45) is 4.97. The molecule has 0 atom stereocenters. The fourth-order valence-corrected chi connectivity index (χ4v) is 3.43. The maximum Gasteiger partial charge on any atom is 0.309 e. The standard InChI is InChI=1S/C18H20BrN3O3/c1-24-16-4-3-13(11-15(16)19)12-25-17(23)14-5-9-22(10-6-14)18-20-7-2-8-21-18/h2-4,7-8,11,14H,5-6,9-10,12H2,1H3. The number of rotatable bonds is 5. The van der Waals surface area contributed by atoms with Crippen molar-refractivity contribution in [3.63, 3.8) is 0 Å². The molecule has 1 aromatic heterocycles. The number of hydrogen-bond donors (Lipinski definition) is 0. The van der Waals surface area contributed by atoms with Crippen LogP contribution in [0.25, 0.3) is 0 Å². The highest BCUT2D eigenvalue weighted by molar-refractivity contribution is 9.10. The zero-order valence-corrected chi connectivity index (χ0v) is 15.6. The van der Waals surface area contributed by atoms with Gasteiger partial charge in [-0.05, 0) is 52.5 Å². The largest absolute Gasteiger partial charge is 0.496 e. The van der Waals surface area contributed by atoms with E-state index < -0.39 is 0 Å². The lowest BCUT2D eigenvalue weighted by molar-refractivity contribution is -0.150. The van der Waals surface area contributed by atoms with Crippen LogP contribution in [0.5, 0.6) is 5.75 Å². The lowest BCUT2D eigenvalue weighted by Crippen LogP contribution is -2.37. The number of piperidine rings is 1. The second kappa shape index (κ2) is 8.29. The maximum atomic E-state index is 12.3. The minimum atomic E-state index is -0.138. The van der Waals surface area contributed by atoms with Gasteiger partial charge >= 0.3 is 5.97 Å². The SMILES string of the molecule is COc1ccc(COC(=O)C2CCN(c3ncccn3)CC2)cc1Br. The molecule has 3 rings (SSSR count). The van der Waals surface area contributed by atoms with E-state index in [2.05, 4.69) is 30.8 Å². The van der Waals surface area contributed by atoms with Crippen molar-refractivity contribution in [2.45, 2.75) is 19.4 Å². The highest BCUT2D eigenvalue weighted by Crippen LogP contribution is 2.26. The number of halogens is 1. The van der Waals surface area contributed by atoms with E-state index in [9.17, 15) is 4.79 Å². The average Bonchev–Trinajstić information content (AvgIpc) is 2.67. The first-order chi connectivity index (χ1) is 12.2. The van der Waals surface area contributed by atoms with E-state index in [1.165, 1.54) is 0 Å². The Morgan fingerprint density at radius 3 is 2.64 bits per heavy atom. The summed E-state index contributed by atoms with van der Waals surface area (Å²) in [4.78, 5) is 22.9. The van der Waals surface area contributed by atoms with Crippen LogP contribution in [0.2, 0.25) is 0 Å². The number of methoxy groups -OCH3 is 1. The molecule has 2 heterocycles. The summed E-state index contributed by atoms with van der Waals surface area (Å²) in [7, 11) is 1.62. The van der Waals surface area contributed by atoms with Gasteiger partial charge in [-0.1, -0.05) is 6.07 Å². The third kappa shape index (κ3) is 4.48. The zero-order chi connectivity index (χ0) is 17.6. The summed E-state index contributed by atoms with van der Waals surface area (Å²) in [5.41, 5.74) is 0.927. The molecule has 0 radical (unpaired) electrons. The van der Waals surface area contributed by atoms with Gasteiger partial charge in [-0.25, -0.2) is 9.97 Å². The fraction of sp³-hybridized carbons (Fsp3) is 0.389. The van der Waals surface area contributed by atoms with E-state index in [-0.39, 0.29) is 18.5 Å². The second-order valence-corrected chi connectivity index (χ2v) is 6.74. The van der Waals surface area contributed by atoms with Crippen molar-refractivity contribution in [2.24, 2.45) is 5.92 Å². The molecule has 1 saturated heterocycles. The van der Waals surface area contributed by atoms with E-state index in [0.29, 0.717) is 0 Å². The molecule has 0 aliphatic carbocycles. The molecule has 1 aliphatic heterocycles. The Morgan fingerprint density at radius 2 is 2.00 bits per heavy atom. The molecule has 0 spiro atoms. The van der Waals surface area contributed by atoms with Gasteiger partial charge in [-0.2, -0.15) is 0 Å². The summed E-state index contributed by atoms with van der Waals surface area (Å²) < 4.78 is 11.5. The predicted molar refractivity (Wildman–Crippen MR) is 97.5 cm³/mol. The smallest absolute Gasteiger partial charge is 0.309 e. The van der Waals surface area contributed by atoms with Crippen LogP contribution in [0.15, 0.2) is 41.1 Å². The molecule has 0 unspecified atom stereocenters. The molecule has 0 amide bonds. The molecule has 0 bridgehead atoms. The number of ether oxygens (including phenoxy) is 2. The van der Waals surface area contributed by atoms with E-state index in [0.717, 1.165) is 47.7 Å². The Bertz CT molecular complexity index is 719. The van der Waals surface area contributed by atoms with Gasteiger partial charge in [-0.3, -0.25) is 4.79 Å². The van der Waals surface area contributed by atoms with Crippen molar-refractivity contribution in [3.05, 3.63) is 46.7 Å². The van der Waals surface area contributed by atoms with Crippen molar-refractivity contribution in [1.29, 1.82) is 0 Å². The number of aromatic nitrogens is 2. The molecule has 2 aromatic rings. The van der Waals surface area contributed by atoms with Gasteiger partial charge in [0.2, 0.25) is 5.95 Å².